The number of piperidine rings is 1. The molecule has 2 N–H and O–H groups in total. The van der Waals surface area contributed by atoms with Crippen LogP contribution in [0.2, 0.25) is 0 Å². The highest BCUT2D eigenvalue weighted by atomic mass is 19.1. The summed E-state index contributed by atoms with van der Waals surface area (Å²) in [6, 6.07) is 3.52. The van der Waals surface area contributed by atoms with Gasteiger partial charge in [-0.1, -0.05) is 13.8 Å². The lowest BCUT2D eigenvalue weighted by Crippen LogP contribution is -2.46. The Morgan fingerprint density at radius 3 is 2.57 bits per heavy atom. The van der Waals surface area contributed by atoms with Gasteiger partial charge in [-0.05, 0) is 39.0 Å². The van der Waals surface area contributed by atoms with Gasteiger partial charge in [-0.15, -0.1) is 0 Å². The zero-order chi connectivity index (χ0) is 15.7. The minimum Gasteiger partial charge on any atom is -0.488 e. The first-order valence-electron chi connectivity index (χ1n) is 7.82. The van der Waals surface area contributed by atoms with E-state index in [0.29, 0.717) is 23.6 Å². The van der Waals surface area contributed by atoms with E-state index in [-0.39, 0.29) is 11.9 Å². The molecule has 0 amide bonds. The SMILES string of the molecule is CC1CC(C)C(C)N(c2cc(OC(C)C)c(F)cc2N)C1. The van der Waals surface area contributed by atoms with Gasteiger partial charge in [0.1, 0.15) is 0 Å². The van der Waals surface area contributed by atoms with E-state index in [1.165, 1.54) is 12.5 Å². The molecule has 0 aromatic heterocycles. The van der Waals surface area contributed by atoms with Crippen LogP contribution in [0.15, 0.2) is 12.1 Å². The first-order chi connectivity index (χ1) is 9.79. The number of nitrogens with zero attached hydrogens (tertiary/aromatic N) is 1. The number of nitrogens with two attached hydrogens (primary N) is 1. The summed E-state index contributed by atoms with van der Waals surface area (Å²) in [6.45, 7) is 11.5. The third-order valence-electron chi connectivity index (χ3n) is 4.35. The van der Waals surface area contributed by atoms with Crippen molar-refractivity contribution in [3.63, 3.8) is 0 Å². The van der Waals surface area contributed by atoms with Gasteiger partial charge in [0.05, 0.1) is 17.5 Å². The number of nitrogen functional groups attached to an aromatic ring is 1. The van der Waals surface area contributed by atoms with Crippen LogP contribution in [-0.2, 0) is 0 Å². The molecule has 1 aromatic carbocycles. The smallest absolute Gasteiger partial charge is 0.167 e. The van der Waals surface area contributed by atoms with Crippen LogP contribution in [0.25, 0.3) is 0 Å². The zero-order valence-corrected chi connectivity index (χ0v) is 13.7. The molecule has 1 fully saturated rings. The van der Waals surface area contributed by atoms with Gasteiger partial charge in [0.2, 0.25) is 0 Å². The highest BCUT2D eigenvalue weighted by Gasteiger charge is 2.30. The molecule has 0 bridgehead atoms. The van der Waals surface area contributed by atoms with Crippen molar-refractivity contribution in [3.8, 4) is 5.75 Å². The van der Waals surface area contributed by atoms with Crippen molar-refractivity contribution in [1.82, 2.24) is 0 Å². The topological polar surface area (TPSA) is 38.5 Å². The van der Waals surface area contributed by atoms with Crippen LogP contribution in [0.4, 0.5) is 15.8 Å². The molecular weight excluding hydrogens is 267 g/mol. The van der Waals surface area contributed by atoms with Gasteiger partial charge in [-0.3, -0.25) is 0 Å². The molecule has 1 aliphatic heterocycles. The fourth-order valence-corrected chi connectivity index (χ4v) is 3.18. The van der Waals surface area contributed by atoms with Crippen LogP contribution in [0.5, 0.6) is 5.75 Å². The highest BCUT2D eigenvalue weighted by Crippen LogP contribution is 2.37. The summed E-state index contributed by atoms with van der Waals surface area (Å²) in [5, 5.41) is 0. The van der Waals surface area contributed by atoms with Gasteiger partial charge in [0.25, 0.3) is 0 Å². The molecule has 1 aromatic rings. The van der Waals surface area contributed by atoms with E-state index in [1.54, 1.807) is 6.07 Å². The third kappa shape index (κ3) is 3.42. The van der Waals surface area contributed by atoms with Gasteiger partial charge in [-0.2, -0.15) is 0 Å². The van der Waals surface area contributed by atoms with Gasteiger partial charge in [0, 0.05) is 24.7 Å². The molecule has 3 unspecified atom stereocenters. The fraction of sp³-hybridized carbons (Fsp3) is 0.647. The van der Waals surface area contributed by atoms with E-state index in [0.717, 1.165) is 12.2 Å². The number of rotatable bonds is 3. The predicted molar refractivity (Wildman–Crippen MR) is 86.3 cm³/mol. The molecule has 0 spiro atoms. The first kappa shape index (κ1) is 15.9. The minimum absolute atomic E-state index is 0.0624. The Hall–Kier alpha value is -1.45. The predicted octanol–water partition coefficient (Wildman–Crippen LogP) is 4.07. The van der Waals surface area contributed by atoms with Crippen LogP contribution in [0.1, 0.15) is 41.0 Å². The van der Waals surface area contributed by atoms with Crippen molar-refractivity contribution >= 4 is 11.4 Å². The number of ether oxygens (including phenoxy) is 1. The van der Waals surface area contributed by atoms with Gasteiger partial charge in [-0.25, -0.2) is 4.39 Å². The Morgan fingerprint density at radius 1 is 1.29 bits per heavy atom. The second kappa shape index (κ2) is 6.12. The normalized spacial score (nSPS) is 26.2. The average molecular weight is 294 g/mol. The molecule has 21 heavy (non-hydrogen) atoms. The largest absolute Gasteiger partial charge is 0.488 e. The summed E-state index contributed by atoms with van der Waals surface area (Å²) in [5.74, 6) is 1.09. The highest BCUT2D eigenvalue weighted by molar-refractivity contribution is 5.70. The standard InChI is InChI=1S/C17H27FN2O/c1-10(2)21-17-8-16(15(19)7-14(17)18)20-9-11(3)6-12(4)13(20)5/h7-8,10-13H,6,9,19H2,1-5H3. The van der Waals surface area contributed by atoms with Crippen LogP contribution >= 0.6 is 0 Å². The lowest BCUT2D eigenvalue weighted by Gasteiger charge is -2.43. The van der Waals surface area contributed by atoms with E-state index in [4.69, 9.17) is 10.5 Å². The maximum atomic E-state index is 14.0. The number of hydrogen-bond donors (Lipinski definition) is 1. The molecule has 4 heteroatoms. The van der Waals surface area contributed by atoms with Crippen molar-refractivity contribution in [3.05, 3.63) is 17.9 Å². The second-order valence-electron chi connectivity index (χ2n) is 6.72. The maximum absolute atomic E-state index is 14.0. The fourth-order valence-electron chi connectivity index (χ4n) is 3.18. The van der Waals surface area contributed by atoms with Crippen molar-refractivity contribution in [1.29, 1.82) is 0 Å². The molecule has 3 atom stereocenters. The van der Waals surface area contributed by atoms with Crippen molar-refractivity contribution < 1.29 is 9.13 Å². The van der Waals surface area contributed by atoms with Crippen molar-refractivity contribution in [2.24, 2.45) is 11.8 Å². The van der Waals surface area contributed by atoms with Crippen LogP contribution in [-0.4, -0.2) is 18.7 Å². The Balaban J connectivity index is 2.37. The Kier molecular flexibility index (Phi) is 4.64. The molecule has 1 heterocycles. The van der Waals surface area contributed by atoms with Gasteiger partial charge in [0.15, 0.2) is 11.6 Å². The molecule has 0 radical (unpaired) electrons. The second-order valence-corrected chi connectivity index (χ2v) is 6.72. The summed E-state index contributed by atoms with van der Waals surface area (Å²) in [4.78, 5) is 2.29. The number of halogens is 1. The average Bonchev–Trinajstić information content (AvgIpc) is 2.37. The van der Waals surface area contributed by atoms with E-state index in [9.17, 15) is 4.39 Å². The van der Waals surface area contributed by atoms with Crippen LogP contribution < -0.4 is 15.4 Å². The Bertz CT molecular complexity index is 504. The minimum atomic E-state index is -0.393. The maximum Gasteiger partial charge on any atom is 0.167 e. The Labute approximate surface area is 127 Å². The molecular formula is C17H27FN2O. The Morgan fingerprint density at radius 2 is 1.95 bits per heavy atom. The lowest BCUT2D eigenvalue weighted by molar-refractivity contribution is 0.231. The molecule has 0 aliphatic carbocycles. The molecule has 1 saturated heterocycles. The lowest BCUT2D eigenvalue weighted by atomic mass is 9.85. The van der Waals surface area contributed by atoms with Crippen molar-refractivity contribution in [2.75, 3.05) is 17.2 Å². The van der Waals surface area contributed by atoms with E-state index < -0.39 is 5.82 Å². The van der Waals surface area contributed by atoms with E-state index >= 15 is 0 Å². The molecule has 3 nitrogen and oxygen atoms in total. The molecule has 1 aliphatic rings. The zero-order valence-electron chi connectivity index (χ0n) is 13.7. The van der Waals surface area contributed by atoms with E-state index in [2.05, 4.69) is 25.7 Å². The van der Waals surface area contributed by atoms with Crippen LogP contribution in [0.3, 0.4) is 0 Å². The van der Waals surface area contributed by atoms with Gasteiger partial charge < -0.3 is 15.4 Å². The quantitative estimate of drug-likeness (QED) is 0.854. The summed E-state index contributed by atoms with van der Waals surface area (Å²) in [6.07, 6.45) is 1.15. The van der Waals surface area contributed by atoms with Crippen LogP contribution in [0, 0.1) is 17.7 Å². The summed E-state index contributed by atoms with van der Waals surface area (Å²) in [5.41, 5.74) is 7.44. The molecule has 118 valence electrons. The number of benzene rings is 1. The third-order valence-corrected chi connectivity index (χ3v) is 4.35. The monoisotopic (exact) mass is 294 g/mol. The van der Waals surface area contributed by atoms with Gasteiger partial charge >= 0.3 is 0 Å². The molecule has 2 rings (SSSR count). The van der Waals surface area contributed by atoms with E-state index in [1.807, 2.05) is 13.8 Å². The summed E-state index contributed by atoms with van der Waals surface area (Å²) >= 11 is 0. The van der Waals surface area contributed by atoms with Crippen molar-refractivity contribution in [2.45, 2.75) is 53.2 Å². The molecule has 0 saturated carbocycles. The first-order valence-corrected chi connectivity index (χ1v) is 7.82. The number of hydrogen-bond acceptors (Lipinski definition) is 3. The summed E-state index contributed by atoms with van der Waals surface area (Å²) < 4.78 is 19.5. The number of anilines is 2. The summed E-state index contributed by atoms with van der Waals surface area (Å²) in [7, 11) is 0.